The first-order valence-electron chi connectivity index (χ1n) is 7.62. The van der Waals surface area contributed by atoms with Crippen LogP contribution in [0.4, 0.5) is 0 Å². The van der Waals surface area contributed by atoms with E-state index in [1.165, 1.54) is 16.7 Å². The van der Waals surface area contributed by atoms with E-state index in [9.17, 15) is 0 Å². The van der Waals surface area contributed by atoms with Crippen molar-refractivity contribution in [2.75, 3.05) is 13.7 Å². The van der Waals surface area contributed by atoms with Crippen LogP contribution in [0.5, 0.6) is 5.75 Å². The third kappa shape index (κ3) is 4.61. The summed E-state index contributed by atoms with van der Waals surface area (Å²) < 4.78 is 5.27. The van der Waals surface area contributed by atoms with Crippen molar-refractivity contribution in [3.63, 3.8) is 0 Å². The van der Waals surface area contributed by atoms with Gasteiger partial charge < -0.3 is 10.1 Å². The van der Waals surface area contributed by atoms with Crippen molar-refractivity contribution in [1.29, 1.82) is 0 Å². The monoisotopic (exact) mass is 283 g/mol. The number of rotatable bonds is 7. The third-order valence-corrected chi connectivity index (χ3v) is 3.93. The van der Waals surface area contributed by atoms with Crippen molar-refractivity contribution in [2.24, 2.45) is 0 Å². The summed E-state index contributed by atoms with van der Waals surface area (Å²) in [6.07, 6.45) is 2.28. The smallest absolute Gasteiger partial charge is 0.119 e. The predicted octanol–water partition coefficient (Wildman–Crippen LogP) is 4.29. The van der Waals surface area contributed by atoms with E-state index in [0.717, 1.165) is 25.1 Å². The fraction of sp³-hybridized carbons (Fsp3) is 0.368. The standard InChI is InChI=1S/C19H25NO/c1-15-8-4-5-9-17(15)11-7-13-20-16(2)18-10-6-12-19(14-18)21-3/h4-6,8-10,12,14,16,20H,7,11,13H2,1-3H3. The number of aryl methyl sites for hydroxylation is 2. The molecule has 2 aromatic rings. The normalized spacial score (nSPS) is 12.1. The second-order valence-electron chi connectivity index (χ2n) is 5.48. The van der Waals surface area contributed by atoms with Crippen molar-refractivity contribution >= 4 is 0 Å². The molecule has 0 fully saturated rings. The Hall–Kier alpha value is -1.80. The first-order chi connectivity index (χ1) is 10.2. The fourth-order valence-corrected chi connectivity index (χ4v) is 2.52. The molecule has 21 heavy (non-hydrogen) atoms. The number of hydrogen-bond acceptors (Lipinski definition) is 2. The molecule has 1 unspecified atom stereocenters. The summed E-state index contributed by atoms with van der Waals surface area (Å²) in [5.41, 5.74) is 4.11. The first kappa shape index (κ1) is 15.6. The van der Waals surface area contributed by atoms with Crippen molar-refractivity contribution < 1.29 is 4.74 Å². The Labute approximate surface area is 128 Å². The zero-order valence-corrected chi connectivity index (χ0v) is 13.2. The molecule has 0 heterocycles. The lowest BCUT2D eigenvalue weighted by molar-refractivity contribution is 0.413. The zero-order valence-electron chi connectivity index (χ0n) is 13.2. The molecule has 0 radical (unpaired) electrons. The highest BCUT2D eigenvalue weighted by Crippen LogP contribution is 2.18. The quantitative estimate of drug-likeness (QED) is 0.765. The van der Waals surface area contributed by atoms with Crippen molar-refractivity contribution in [2.45, 2.75) is 32.7 Å². The summed E-state index contributed by atoms with van der Waals surface area (Å²) >= 11 is 0. The topological polar surface area (TPSA) is 21.3 Å². The Kier molecular flexibility index (Phi) is 5.82. The highest BCUT2D eigenvalue weighted by Gasteiger charge is 2.05. The minimum atomic E-state index is 0.344. The van der Waals surface area contributed by atoms with Crippen LogP contribution in [0.1, 0.15) is 36.1 Å². The number of methoxy groups -OCH3 is 1. The molecule has 0 spiro atoms. The largest absolute Gasteiger partial charge is 0.497 e. The molecule has 112 valence electrons. The van der Waals surface area contributed by atoms with E-state index in [2.05, 4.69) is 55.6 Å². The molecule has 2 rings (SSSR count). The molecule has 0 aliphatic heterocycles. The van der Waals surface area contributed by atoms with Gasteiger partial charge in [0.15, 0.2) is 0 Å². The van der Waals surface area contributed by atoms with Gasteiger partial charge in [-0.05, 0) is 62.1 Å². The molecular formula is C19H25NO. The second-order valence-corrected chi connectivity index (χ2v) is 5.48. The van der Waals surface area contributed by atoms with Gasteiger partial charge in [0.05, 0.1) is 7.11 Å². The third-order valence-electron chi connectivity index (χ3n) is 3.93. The van der Waals surface area contributed by atoms with Crippen molar-refractivity contribution in [1.82, 2.24) is 5.32 Å². The van der Waals surface area contributed by atoms with E-state index in [1.54, 1.807) is 7.11 Å². The molecule has 2 nitrogen and oxygen atoms in total. The van der Waals surface area contributed by atoms with Crippen LogP contribution in [-0.4, -0.2) is 13.7 Å². The molecule has 0 bridgehead atoms. The molecule has 0 aliphatic rings. The molecular weight excluding hydrogens is 258 g/mol. The second kappa shape index (κ2) is 7.84. The number of nitrogens with one attached hydrogen (secondary N) is 1. The van der Waals surface area contributed by atoms with Gasteiger partial charge in [0.1, 0.15) is 5.75 Å². The van der Waals surface area contributed by atoms with E-state index in [-0.39, 0.29) is 0 Å². The lowest BCUT2D eigenvalue weighted by Crippen LogP contribution is -2.20. The first-order valence-corrected chi connectivity index (χ1v) is 7.62. The van der Waals surface area contributed by atoms with Crippen LogP contribution >= 0.6 is 0 Å². The van der Waals surface area contributed by atoms with Crippen LogP contribution in [-0.2, 0) is 6.42 Å². The molecule has 1 N–H and O–H groups in total. The highest BCUT2D eigenvalue weighted by atomic mass is 16.5. The number of benzene rings is 2. The Balaban J connectivity index is 1.79. The maximum Gasteiger partial charge on any atom is 0.119 e. The SMILES string of the molecule is COc1cccc(C(C)NCCCc2ccccc2C)c1. The molecule has 0 aromatic heterocycles. The van der Waals surface area contributed by atoms with Crippen LogP contribution in [0.15, 0.2) is 48.5 Å². The van der Waals surface area contributed by atoms with E-state index < -0.39 is 0 Å². The molecule has 0 saturated carbocycles. The van der Waals surface area contributed by atoms with Crippen LogP contribution in [0, 0.1) is 6.92 Å². The van der Waals surface area contributed by atoms with Gasteiger partial charge >= 0.3 is 0 Å². The summed E-state index contributed by atoms with van der Waals surface area (Å²) in [5, 5.41) is 3.58. The average molecular weight is 283 g/mol. The van der Waals surface area contributed by atoms with Crippen LogP contribution in [0.25, 0.3) is 0 Å². The Morgan fingerprint density at radius 2 is 1.90 bits per heavy atom. The molecule has 0 aliphatic carbocycles. The van der Waals surface area contributed by atoms with Crippen molar-refractivity contribution in [3.8, 4) is 5.75 Å². The Morgan fingerprint density at radius 3 is 2.67 bits per heavy atom. The van der Waals surface area contributed by atoms with Gasteiger partial charge in [-0.25, -0.2) is 0 Å². The maximum atomic E-state index is 5.27. The molecule has 2 heteroatoms. The maximum absolute atomic E-state index is 5.27. The Bertz CT molecular complexity index is 565. The lowest BCUT2D eigenvalue weighted by Gasteiger charge is -2.15. The van der Waals surface area contributed by atoms with Gasteiger partial charge in [0.25, 0.3) is 0 Å². The molecule has 1 atom stereocenters. The minimum absolute atomic E-state index is 0.344. The predicted molar refractivity (Wildman–Crippen MR) is 88.9 cm³/mol. The van der Waals surface area contributed by atoms with Crippen LogP contribution in [0.3, 0.4) is 0 Å². The summed E-state index contributed by atoms with van der Waals surface area (Å²) in [7, 11) is 1.71. The molecule has 0 amide bonds. The van der Waals surface area contributed by atoms with Gasteiger partial charge in [-0.2, -0.15) is 0 Å². The number of ether oxygens (including phenoxy) is 1. The van der Waals surface area contributed by atoms with Gasteiger partial charge in [-0.15, -0.1) is 0 Å². The van der Waals surface area contributed by atoms with E-state index in [1.807, 2.05) is 12.1 Å². The zero-order chi connectivity index (χ0) is 15.1. The van der Waals surface area contributed by atoms with Crippen LogP contribution in [0.2, 0.25) is 0 Å². The van der Waals surface area contributed by atoms with Crippen LogP contribution < -0.4 is 10.1 Å². The lowest BCUT2D eigenvalue weighted by atomic mass is 10.0. The van der Waals surface area contributed by atoms with Gasteiger partial charge in [0, 0.05) is 6.04 Å². The van der Waals surface area contributed by atoms with E-state index in [0.29, 0.717) is 6.04 Å². The van der Waals surface area contributed by atoms with E-state index >= 15 is 0 Å². The molecule has 2 aromatic carbocycles. The van der Waals surface area contributed by atoms with Crippen molar-refractivity contribution in [3.05, 3.63) is 65.2 Å². The highest BCUT2D eigenvalue weighted by molar-refractivity contribution is 5.30. The minimum Gasteiger partial charge on any atom is -0.497 e. The molecule has 0 saturated heterocycles. The average Bonchev–Trinajstić information content (AvgIpc) is 2.53. The van der Waals surface area contributed by atoms with Gasteiger partial charge in [-0.3, -0.25) is 0 Å². The summed E-state index contributed by atoms with van der Waals surface area (Å²) in [5.74, 6) is 0.918. The summed E-state index contributed by atoms with van der Waals surface area (Å²) in [4.78, 5) is 0. The van der Waals surface area contributed by atoms with E-state index in [4.69, 9.17) is 4.74 Å². The fourth-order valence-electron chi connectivity index (χ4n) is 2.52. The Morgan fingerprint density at radius 1 is 1.10 bits per heavy atom. The summed E-state index contributed by atoms with van der Waals surface area (Å²) in [6, 6.07) is 17.2. The summed E-state index contributed by atoms with van der Waals surface area (Å²) in [6.45, 7) is 5.40. The van der Waals surface area contributed by atoms with Gasteiger partial charge in [0.2, 0.25) is 0 Å². The number of hydrogen-bond donors (Lipinski definition) is 1. The van der Waals surface area contributed by atoms with Gasteiger partial charge in [-0.1, -0.05) is 36.4 Å².